The Morgan fingerprint density at radius 1 is 0.760 bits per heavy atom. The van der Waals surface area contributed by atoms with E-state index in [-0.39, 0.29) is 26.5 Å². The molecular weight excluding hydrogens is 534 g/mol. The third-order valence-corrected chi connectivity index (χ3v) is 5.28. The molecule has 1 atom stereocenters. The molecular formula is C17H14ClO5PW. The zero-order valence-electron chi connectivity index (χ0n) is 13.7. The number of hydrogen-bond donors (Lipinski definition) is 0. The molecule has 8 heteroatoms. The zero-order valence-corrected chi connectivity index (χ0v) is 18.2. The van der Waals surface area contributed by atoms with Gasteiger partial charge in [-0.05, 0) is 16.3 Å². The average Bonchev–Trinajstić information content (AvgIpc) is 3.36. The van der Waals surface area contributed by atoms with Crippen LogP contribution in [0, 0.1) is 38.7 Å². The summed E-state index contributed by atoms with van der Waals surface area (Å²) in [5, 5.41) is 2.86. The van der Waals surface area contributed by atoms with Crippen LogP contribution in [0.15, 0.2) is 35.6 Å². The standard InChI is InChI=1S/C12H14ClP.5CO.W/c1-12(2,3)11-10(14(11)13)9-7-5-4-6-8-9;5*1-2;/h4-8H,1-3H3;;;;;;/t14-;;;;;;/m0....../s1. The molecule has 0 bridgehead atoms. The van der Waals surface area contributed by atoms with E-state index in [1.54, 1.807) is 0 Å². The van der Waals surface area contributed by atoms with Gasteiger partial charge >= 0.3 is 56.5 Å². The van der Waals surface area contributed by atoms with Crippen LogP contribution in [0.4, 0.5) is 0 Å². The number of rotatable bonds is 1. The van der Waals surface area contributed by atoms with Gasteiger partial charge in [-0.3, -0.25) is 0 Å². The van der Waals surface area contributed by atoms with Gasteiger partial charge in [-0.25, -0.2) is 0 Å². The molecule has 0 N–H and O–H groups in total. The first-order chi connectivity index (χ1) is 11.5. The van der Waals surface area contributed by atoms with Gasteiger partial charge in [-0.15, -0.1) is 0 Å². The second kappa shape index (κ2) is 23.1. The molecule has 0 aliphatic carbocycles. The van der Waals surface area contributed by atoms with Crippen molar-refractivity contribution in [3.8, 4) is 0 Å². The summed E-state index contributed by atoms with van der Waals surface area (Å²) in [6.45, 7) is 29.2. The molecule has 5 nitrogen and oxygen atoms in total. The molecule has 0 fully saturated rings. The van der Waals surface area contributed by atoms with E-state index in [4.69, 9.17) is 34.5 Å². The predicted molar refractivity (Wildman–Crippen MR) is 85.2 cm³/mol. The van der Waals surface area contributed by atoms with E-state index in [0.29, 0.717) is 0 Å². The Kier molecular flexibility index (Phi) is 32.5. The van der Waals surface area contributed by atoms with Crippen LogP contribution in [-0.2, 0) is 44.3 Å². The molecule has 1 aliphatic heterocycles. The molecule has 1 aliphatic rings. The van der Waals surface area contributed by atoms with Crippen LogP contribution in [-0.4, -0.2) is 0 Å². The zero-order chi connectivity index (χ0) is 20.3. The SMILES string of the molecule is CC(C)(C)C1=C(c2ccccc2)[P@]1Cl.[C-]#[O+].[C-]#[O+].[C-]#[O+].[C-]#[O+].[C-]#[O+].[W]. The van der Waals surface area contributed by atoms with Crippen molar-refractivity contribution in [3.05, 3.63) is 74.5 Å². The summed E-state index contributed by atoms with van der Waals surface area (Å²) in [7, 11) is -0.456. The van der Waals surface area contributed by atoms with Crippen molar-refractivity contribution in [3.63, 3.8) is 0 Å². The van der Waals surface area contributed by atoms with E-state index >= 15 is 0 Å². The minimum absolute atomic E-state index is 0. The van der Waals surface area contributed by atoms with E-state index < -0.39 is 7.27 Å². The summed E-state index contributed by atoms with van der Waals surface area (Å²) < 4.78 is 37.5. The van der Waals surface area contributed by atoms with E-state index in [1.807, 2.05) is 6.07 Å². The van der Waals surface area contributed by atoms with Crippen LogP contribution in [0.2, 0.25) is 0 Å². The third kappa shape index (κ3) is 14.0. The summed E-state index contributed by atoms with van der Waals surface area (Å²) in [5.41, 5.74) is 1.54. The molecule has 0 aromatic heterocycles. The fourth-order valence-electron chi connectivity index (χ4n) is 1.64. The number of benzene rings is 1. The fourth-order valence-corrected chi connectivity index (χ4v) is 5.12. The van der Waals surface area contributed by atoms with Gasteiger partial charge in [0.1, 0.15) is 0 Å². The van der Waals surface area contributed by atoms with Crippen molar-refractivity contribution < 1.29 is 44.3 Å². The molecule has 1 aromatic carbocycles. The topological polar surface area (TPSA) is 99.5 Å². The molecule has 0 spiro atoms. The Morgan fingerprint density at radius 3 is 1.32 bits per heavy atom. The van der Waals surface area contributed by atoms with Gasteiger partial charge in [-0.2, -0.15) is 0 Å². The molecule has 0 amide bonds. The molecule has 0 radical (unpaired) electrons. The maximum atomic E-state index is 7.50. The maximum absolute atomic E-state index is 7.50. The average molecular weight is 549 g/mol. The summed E-state index contributed by atoms with van der Waals surface area (Å²) in [6.07, 6.45) is 0. The molecule has 1 aromatic rings. The number of halogens is 1. The van der Waals surface area contributed by atoms with E-state index in [0.717, 1.165) is 0 Å². The van der Waals surface area contributed by atoms with Crippen molar-refractivity contribution >= 4 is 23.8 Å². The molecule has 0 unspecified atom stereocenters. The van der Waals surface area contributed by atoms with Crippen LogP contribution in [0.5, 0.6) is 0 Å². The molecule has 130 valence electrons. The van der Waals surface area contributed by atoms with E-state index in [2.05, 4.69) is 78.3 Å². The van der Waals surface area contributed by atoms with Gasteiger partial charge in [0, 0.05) is 26.4 Å². The monoisotopic (exact) mass is 548 g/mol. The first-order valence-corrected chi connectivity index (χ1v) is 8.04. The minimum Gasteiger partial charge on any atom is 0 e. The van der Waals surface area contributed by atoms with Crippen molar-refractivity contribution in [1.82, 2.24) is 0 Å². The molecule has 0 saturated carbocycles. The van der Waals surface area contributed by atoms with E-state index in [1.165, 1.54) is 16.2 Å². The van der Waals surface area contributed by atoms with Gasteiger partial charge in [0.25, 0.3) is 0 Å². The van der Waals surface area contributed by atoms with Gasteiger partial charge in [-0.1, -0.05) is 62.3 Å². The quantitative estimate of drug-likeness (QED) is 0.272. The van der Waals surface area contributed by atoms with Crippen LogP contribution in [0.3, 0.4) is 0 Å². The first-order valence-electron chi connectivity index (χ1n) is 5.80. The summed E-state index contributed by atoms with van der Waals surface area (Å²) in [4.78, 5) is 0. The Labute approximate surface area is 168 Å². The third-order valence-electron chi connectivity index (χ3n) is 2.32. The largest absolute Gasteiger partial charge is 0 e. The van der Waals surface area contributed by atoms with Gasteiger partial charge in [0.05, 0.1) is 7.27 Å². The Hall–Kier alpha value is -0.932. The smallest absolute Gasteiger partial charge is 0 e. The Morgan fingerprint density at radius 2 is 1.08 bits per heavy atom. The van der Waals surface area contributed by atoms with Crippen LogP contribution in [0.1, 0.15) is 26.3 Å². The van der Waals surface area contributed by atoms with Gasteiger partial charge < -0.3 is 0 Å². The van der Waals surface area contributed by atoms with Crippen molar-refractivity contribution in [2.45, 2.75) is 20.8 Å². The predicted octanol–water partition coefficient (Wildman–Crippen LogP) is 4.86. The van der Waals surface area contributed by atoms with Gasteiger partial charge in [0.2, 0.25) is 0 Å². The maximum Gasteiger partial charge on any atom is 0 e. The molecule has 2 rings (SSSR count). The molecule has 25 heavy (non-hydrogen) atoms. The van der Waals surface area contributed by atoms with Gasteiger partial charge in [0.15, 0.2) is 0 Å². The second-order valence-corrected chi connectivity index (χ2v) is 7.06. The minimum atomic E-state index is -0.456. The molecule has 1 heterocycles. The number of hydrogen-bond acceptors (Lipinski definition) is 0. The summed E-state index contributed by atoms with van der Waals surface area (Å²) in [5.74, 6) is 0. The molecule has 0 saturated heterocycles. The van der Waals surface area contributed by atoms with Crippen LogP contribution >= 0.6 is 18.5 Å². The first kappa shape index (κ1) is 35.2. The van der Waals surface area contributed by atoms with Crippen molar-refractivity contribution in [1.29, 1.82) is 0 Å². The Bertz CT molecular complexity index is 548. The normalized spacial score (nSPS) is 12.3. The van der Waals surface area contributed by atoms with Crippen LogP contribution in [0.25, 0.3) is 5.31 Å². The summed E-state index contributed by atoms with van der Waals surface area (Å²) >= 11 is 6.33. The summed E-state index contributed by atoms with van der Waals surface area (Å²) in [6, 6.07) is 10.5. The fraction of sp³-hybridized carbons (Fsp3) is 0.235. The van der Waals surface area contributed by atoms with E-state index in [9.17, 15) is 0 Å². The Balaban J connectivity index is -0.000000105. The number of allylic oxidation sites excluding steroid dienone is 1. The van der Waals surface area contributed by atoms with Crippen molar-refractivity contribution in [2.75, 3.05) is 0 Å². The van der Waals surface area contributed by atoms with Crippen molar-refractivity contribution in [2.24, 2.45) is 5.41 Å². The van der Waals surface area contributed by atoms with Crippen LogP contribution < -0.4 is 0 Å². The second-order valence-electron chi connectivity index (χ2n) is 4.59.